The Bertz CT molecular complexity index is 462. The molecule has 1 aromatic rings. The lowest BCUT2D eigenvalue weighted by Crippen LogP contribution is -2.46. The van der Waals surface area contributed by atoms with Crippen LogP contribution >= 0.6 is 0 Å². The maximum Gasteiger partial charge on any atom is 0.222 e. The van der Waals surface area contributed by atoms with E-state index in [9.17, 15) is 4.79 Å². The van der Waals surface area contributed by atoms with Crippen molar-refractivity contribution in [3.8, 4) is 0 Å². The first-order valence-electron chi connectivity index (χ1n) is 7.74. The zero-order valence-electron chi connectivity index (χ0n) is 12.3. The van der Waals surface area contributed by atoms with Crippen molar-refractivity contribution in [1.82, 2.24) is 19.6 Å². The number of aryl methyl sites for hydroxylation is 1. The third-order valence-electron chi connectivity index (χ3n) is 4.66. The van der Waals surface area contributed by atoms with Gasteiger partial charge in [-0.3, -0.25) is 9.48 Å². The van der Waals surface area contributed by atoms with Crippen LogP contribution in [0.25, 0.3) is 0 Å². The monoisotopic (exact) mass is 276 g/mol. The van der Waals surface area contributed by atoms with Crippen LogP contribution in [-0.4, -0.2) is 57.7 Å². The second-order valence-electron chi connectivity index (χ2n) is 5.96. The Kier molecular flexibility index (Phi) is 4.05. The Morgan fingerprint density at radius 2 is 2.05 bits per heavy atom. The number of hydrogen-bond donors (Lipinski definition) is 0. The predicted molar refractivity (Wildman–Crippen MR) is 77.4 cm³/mol. The molecule has 3 rings (SSSR count). The van der Waals surface area contributed by atoms with Crippen LogP contribution in [0.3, 0.4) is 0 Å². The van der Waals surface area contributed by atoms with E-state index in [2.05, 4.69) is 26.5 Å². The molecule has 2 fully saturated rings. The summed E-state index contributed by atoms with van der Waals surface area (Å²) in [6.45, 7) is 7.31. The Hall–Kier alpha value is -1.36. The minimum absolute atomic E-state index is 0.371. The van der Waals surface area contributed by atoms with Crippen molar-refractivity contribution in [3.63, 3.8) is 0 Å². The summed E-state index contributed by atoms with van der Waals surface area (Å²) in [5, 5.41) is 4.33. The number of hydrogen-bond acceptors (Lipinski definition) is 3. The van der Waals surface area contributed by atoms with Crippen molar-refractivity contribution in [1.29, 1.82) is 0 Å². The minimum Gasteiger partial charge on any atom is -0.340 e. The highest BCUT2D eigenvalue weighted by Gasteiger charge is 2.30. The molecule has 1 amide bonds. The summed E-state index contributed by atoms with van der Waals surface area (Å²) < 4.78 is 2.07. The highest BCUT2D eigenvalue weighted by atomic mass is 16.2. The molecule has 0 aliphatic carbocycles. The molecule has 0 bridgehead atoms. The van der Waals surface area contributed by atoms with Crippen LogP contribution in [0.2, 0.25) is 0 Å². The van der Waals surface area contributed by atoms with E-state index in [-0.39, 0.29) is 0 Å². The number of piperidine rings is 1. The molecule has 0 radical (unpaired) electrons. The van der Waals surface area contributed by atoms with Gasteiger partial charge < -0.3 is 9.80 Å². The Balaban J connectivity index is 1.44. The zero-order valence-corrected chi connectivity index (χ0v) is 12.3. The molecule has 0 N–H and O–H groups in total. The van der Waals surface area contributed by atoms with Crippen molar-refractivity contribution in [2.24, 2.45) is 0 Å². The molecule has 0 aromatic carbocycles. The van der Waals surface area contributed by atoms with Gasteiger partial charge in [-0.1, -0.05) is 0 Å². The molecular weight excluding hydrogens is 252 g/mol. The fourth-order valence-electron chi connectivity index (χ4n) is 3.38. The molecule has 2 aliphatic heterocycles. The molecule has 5 nitrogen and oxygen atoms in total. The van der Waals surface area contributed by atoms with Gasteiger partial charge in [0.25, 0.3) is 0 Å². The standard InChI is InChI=1S/C15H24N4O/c1-13-4-7-16-19(13)12-11-17-9-5-14(6-10-17)18-8-2-3-15(18)20/h4,7,14H,2-3,5-6,8-12H2,1H3. The van der Waals surface area contributed by atoms with E-state index in [1.807, 2.05) is 12.3 Å². The number of carbonyl (C=O) groups excluding carboxylic acids is 1. The number of nitrogens with zero attached hydrogens (tertiary/aromatic N) is 4. The fourth-order valence-corrected chi connectivity index (χ4v) is 3.38. The van der Waals surface area contributed by atoms with Gasteiger partial charge in [-0.05, 0) is 32.3 Å². The highest BCUT2D eigenvalue weighted by Crippen LogP contribution is 2.21. The third kappa shape index (κ3) is 2.87. The van der Waals surface area contributed by atoms with Crippen LogP contribution in [0.4, 0.5) is 0 Å². The molecule has 110 valence electrons. The first-order valence-corrected chi connectivity index (χ1v) is 7.74. The lowest BCUT2D eigenvalue weighted by Gasteiger charge is -2.36. The molecule has 20 heavy (non-hydrogen) atoms. The molecule has 0 spiro atoms. The van der Waals surface area contributed by atoms with Gasteiger partial charge in [-0.25, -0.2) is 0 Å². The lowest BCUT2D eigenvalue weighted by molar-refractivity contribution is -0.130. The van der Waals surface area contributed by atoms with Gasteiger partial charge >= 0.3 is 0 Å². The molecule has 2 saturated heterocycles. The zero-order chi connectivity index (χ0) is 13.9. The molecule has 5 heteroatoms. The normalized spacial score (nSPS) is 21.9. The largest absolute Gasteiger partial charge is 0.340 e. The van der Waals surface area contributed by atoms with Crippen LogP contribution in [0, 0.1) is 6.92 Å². The van der Waals surface area contributed by atoms with Gasteiger partial charge in [0.1, 0.15) is 0 Å². The SMILES string of the molecule is Cc1ccnn1CCN1CCC(N2CCCC2=O)CC1. The summed E-state index contributed by atoms with van der Waals surface area (Å²) in [4.78, 5) is 16.4. The smallest absolute Gasteiger partial charge is 0.222 e. The van der Waals surface area contributed by atoms with Gasteiger partial charge in [0.2, 0.25) is 5.91 Å². The van der Waals surface area contributed by atoms with Crippen molar-refractivity contribution in [2.75, 3.05) is 26.2 Å². The number of carbonyl (C=O) groups is 1. The van der Waals surface area contributed by atoms with Crippen LogP contribution in [0.1, 0.15) is 31.4 Å². The lowest BCUT2D eigenvalue weighted by atomic mass is 10.0. The summed E-state index contributed by atoms with van der Waals surface area (Å²) in [5.74, 6) is 0.371. The topological polar surface area (TPSA) is 41.4 Å². The summed E-state index contributed by atoms with van der Waals surface area (Å²) in [7, 11) is 0. The van der Waals surface area contributed by atoms with Crippen molar-refractivity contribution < 1.29 is 4.79 Å². The summed E-state index contributed by atoms with van der Waals surface area (Å²) in [5.41, 5.74) is 1.22. The Labute approximate surface area is 120 Å². The third-order valence-corrected chi connectivity index (χ3v) is 4.66. The van der Waals surface area contributed by atoms with E-state index >= 15 is 0 Å². The van der Waals surface area contributed by atoms with E-state index in [1.54, 1.807) is 0 Å². The van der Waals surface area contributed by atoms with Crippen LogP contribution in [0.5, 0.6) is 0 Å². The van der Waals surface area contributed by atoms with E-state index < -0.39 is 0 Å². The molecule has 1 aromatic heterocycles. The fraction of sp³-hybridized carbons (Fsp3) is 0.733. The number of likely N-dealkylation sites (tertiary alicyclic amines) is 2. The van der Waals surface area contributed by atoms with Crippen molar-refractivity contribution in [2.45, 2.75) is 45.2 Å². The Morgan fingerprint density at radius 1 is 1.25 bits per heavy atom. The second-order valence-corrected chi connectivity index (χ2v) is 5.96. The predicted octanol–water partition coefficient (Wildman–Crippen LogP) is 1.28. The van der Waals surface area contributed by atoms with Crippen LogP contribution < -0.4 is 0 Å². The van der Waals surface area contributed by atoms with E-state index in [4.69, 9.17) is 0 Å². The van der Waals surface area contributed by atoms with Crippen molar-refractivity contribution >= 4 is 5.91 Å². The molecule has 0 saturated carbocycles. The van der Waals surface area contributed by atoms with Gasteiger partial charge in [0.05, 0.1) is 6.54 Å². The number of aromatic nitrogens is 2. The molecule has 3 heterocycles. The number of rotatable bonds is 4. The van der Waals surface area contributed by atoms with Gasteiger partial charge in [0, 0.05) is 50.5 Å². The van der Waals surface area contributed by atoms with Crippen LogP contribution in [0.15, 0.2) is 12.3 Å². The van der Waals surface area contributed by atoms with Gasteiger partial charge in [-0.15, -0.1) is 0 Å². The van der Waals surface area contributed by atoms with E-state index in [0.717, 1.165) is 58.4 Å². The van der Waals surface area contributed by atoms with E-state index in [1.165, 1.54) is 5.69 Å². The number of amides is 1. The minimum atomic E-state index is 0.371. The molecule has 0 unspecified atom stereocenters. The maximum absolute atomic E-state index is 11.8. The summed E-state index contributed by atoms with van der Waals surface area (Å²) in [6, 6.07) is 2.54. The first kappa shape index (κ1) is 13.6. The average molecular weight is 276 g/mol. The van der Waals surface area contributed by atoms with Crippen molar-refractivity contribution in [3.05, 3.63) is 18.0 Å². The highest BCUT2D eigenvalue weighted by molar-refractivity contribution is 5.78. The maximum atomic E-state index is 11.8. The second kappa shape index (κ2) is 5.95. The summed E-state index contributed by atoms with van der Waals surface area (Å²) >= 11 is 0. The molecule has 0 atom stereocenters. The first-order chi connectivity index (χ1) is 9.74. The van der Waals surface area contributed by atoms with Gasteiger partial charge in [0.15, 0.2) is 0 Å². The quantitative estimate of drug-likeness (QED) is 0.832. The molecular formula is C15H24N4O. The van der Waals surface area contributed by atoms with Crippen LogP contribution in [-0.2, 0) is 11.3 Å². The average Bonchev–Trinajstić information content (AvgIpc) is 3.06. The molecule has 2 aliphatic rings. The van der Waals surface area contributed by atoms with E-state index in [0.29, 0.717) is 11.9 Å². The Morgan fingerprint density at radius 3 is 2.65 bits per heavy atom. The summed E-state index contributed by atoms with van der Waals surface area (Å²) in [6.07, 6.45) is 5.94. The van der Waals surface area contributed by atoms with Gasteiger partial charge in [-0.2, -0.15) is 5.10 Å².